The highest BCUT2D eigenvalue weighted by molar-refractivity contribution is 6.31. The van der Waals surface area contributed by atoms with Crippen LogP contribution in [-0.2, 0) is 11.1 Å². The number of hydrogen-bond acceptors (Lipinski definition) is 7. The molecule has 8 nitrogen and oxygen atoms in total. The van der Waals surface area contributed by atoms with Crippen molar-refractivity contribution in [3.05, 3.63) is 70.1 Å². The van der Waals surface area contributed by atoms with Gasteiger partial charge in [-0.15, -0.1) is 0 Å². The zero-order valence-corrected chi connectivity index (χ0v) is 22.7. The topological polar surface area (TPSA) is 116 Å². The number of rotatable bonds is 8. The van der Waals surface area contributed by atoms with Crippen molar-refractivity contribution in [3.8, 4) is 28.5 Å². The molecule has 2 aliphatic rings. The molecule has 1 amide bonds. The average Bonchev–Trinajstić information content (AvgIpc) is 3.69. The highest BCUT2D eigenvalue weighted by Gasteiger charge is 2.57. The van der Waals surface area contributed by atoms with Gasteiger partial charge in [-0.3, -0.25) is 4.79 Å². The van der Waals surface area contributed by atoms with E-state index in [0.717, 1.165) is 25.0 Å². The third-order valence-electron chi connectivity index (χ3n) is 6.94. The van der Waals surface area contributed by atoms with Crippen LogP contribution in [0.5, 0.6) is 17.2 Å². The third kappa shape index (κ3) is 5.51. The number of aliphatic hydroxyl groups is 1. The molecular formula is C28H26ClF4N3O5. The van der Waals surface area contributed by atoms with Gasteiger partial charge in [-0.25, -0.2) is 9.37 Å². The highest BCUT2D eigenvalue weighted by Crippen LogP contribution is 2.46. The fraction of sp³-hybridized carbons (Fsp3) is 0.357. The van der Waals surface area contributed by atoms with Crippen molar-refractivity contribution in [2.45, 2.75) is 43.2 Å². The number of pyridine rings is 1. The van der Waals surface area contributed by atoms with Gasteiger partial charge in [-0.2, -0.15) is 13.2 Å². The Labute approximate surface area is 237 Å². The van der Waals surface area contributed by atoms with E-state index in [1.54, 1.807) is 6.92 Å². The van der Waals surface area contributed by atoms with E-state index >= 15 is 0 Å². The summed E-state index contributed by atoms with van der Waals surface area (Å²) in [6, 6.07) is 8.68. The Kier molecular flexibility index (Phi) is 7.29. The Hall–Kier alpha value is -3.61. The van der Waals surface area contributed by atoms with Crippen LogP contribution in [0.4, 0.5) is 17.6 Å². The lowest BCUT2D eigenvalue weighted by Crippen LogP contribution is -2.51. The number of ether oxygens (including phenoxy) is 3. The Balaban J connectivity index is 1.51. The van der Waals surface area contributed by atoms with Crippen molar-refractivity contribution in [2.75, 3.05) is 20.3 Å². The lowest BCUT2D eigenvalue weighted by Gasteiger charge is -2.31. The highest BCUT2D eigenvalue weighted by atomic mass is 35.5. The first kappa shape index (κ1) is 28.9. The summed E-state index contributed by atoms with van der Waals surface area (Å²) < 4.78 is 74.0. The van der Waals surface area contributed by atoms with Gasteiger partial charge in [0.15, 0.2) is 17.2 Å². The zero-order chi connectivity index (χ0) is 29.7. The molecule has 0 bridgehead atoms. The number of methoxy groups -OCH3 is 1. The number of nitrogens with one attached hydrogen (secondary N) is 1. The minimum absolute atomic E-state index is 0.0130. The van der Waals surface area contributed by atoms with Crippen LogP contribution >= 0.6 is 11.6 Å². The monoisotopic (exact) mass is 595 g/mol. The molecule has 1 aliphatic heterocycles. The van der Waals surface area contributed by atoms with Crippen LogP contribution in [0.3, 0.4) is 0 Å². The fourth-order valence-electron chi connectivity index (χ4n) is 4.37. The Bertz CT molecular complexity index is 1510. The number of nitrogens with two attached hydrogens (primary N) is 1. The molecule has 2 aromatic carbocycles. The Morgan fingerprint density at radius 2 is 1.95 bits per heavy atom. The lowest BCUT2D eigenvalue weighted by atomic mass is 9.89. The molecule has 13 heteroatoms. The van der Waals surface area contributed by atoms with Gasteiger partial charge in [0, 0.05) is 16.7 Å². The quantitative estimate of drug-likeness (QED) is 0.319. The first-order valence-electron chi connectivity index (χ1n) is 12.6. The summed E-state index contributed by atoms with van der Waals surface area (Å²) in [6.45, 7) is 0.177. The van der Waals surface area contributed by atoms with E-state index in [1.807, 2.05) is 0 Å². The first-order chi connectivity index (χ1) is 19.2. The van der Waals surface area contributed by atoms with E-state index in [4.69, 9.17) is 31.5 Å². The number of aromatic nitrogens is 1. The normalized spacial score (nSPS) is 19.6. The molecule has 4 N–H and O–H groups in total. The molecule has 0 spiro atoms. The van der Waals surface area contributed by atoms with Crippen molar-refractivity contribution in [3.63, 3.8) is 0 Å². The van der Waals surface area contributed by atoms with Crippen molar-refractivity contribution in [2.24, 2.45) is 5.73 Å². The summed E-state index contributed by atoms with van der Waals surface area (Å²) in [5, 5.41) is 13.0. The summed E-state index contributed by atoms with van der Waals surface area (Å²) in [5.41, 5.74) is 0.713. The van der Waals surface area contributed by atoms with Gasteiger partial charge >= 0.3 is 6.18 Å². The predicted molar refractivity (Wildman–Crippen MR) is 141 cm³/mol. The van der Waals surface area contributed by atoms with E-state index in [9.17, 15) is 27.5 Å². The lowest BCUT2D eigenvalue weighted by molar-refractivity contribution is -0.265. The molecule has 218 valence electrons. The maximum absolute atomic E-state index is 14.5. The second kappa shape index (κ2) is 10.3. The van der Waals surface area contributed by atoms with Gasteiger partial charge in [0.2, 0.25) is 5.60 Å². The van der Waals surface area contributed by atoms with E-state index in [1.165, 1.54) is 37.4 Å². The minimum atomic E-state index is -5.29. The van der Waals surface area contributed by atoms with Gasteiger partial charge in [0.1, 0.15) is 18.1 Å². The van der Waals surface area contributed by atoms with E-state index in [-0.39, 0.29) is 51.6 Å². The average molecular weight is 596 g/mol. The van der Waals surface area contributed by atoms with Crippen LogP contribution in [0.1, 0.15) is 41.4 Å². The van der Waals surface area contributed by atoms with E-state index in [0.29, 0.717) is 5.75 Å². The van der Waals surface area contributed by atoms with E-state index in [2.05, 4.69) is 10.3 Å². The SMILES string of the molecule is COc1cc(C(=O)NCC(O)(c2cc3c(c(-c4ccc(F)c(Cl)c4)n2)OCC3(C)N)C(F)(F)F)ccc1OC1CC1. The third-order valence-corrected chi connectivity index (χ3v) is 7.23. The second-order valence-electron chi connectivity index (χ2n) is 10.3. The summed E-state index contributed by atoms with van der Waals surface area (Å²) in [5.74, 6) is -0.925. The molecule has 2 atom stereocenters. The molecule has 1 fully saturated rings. The second-order valence-corrected chi connectivity index (χ2v) is 10.7. The van der Waals surface area contributed by atoms with Gasteiger partial charge in [0.05, 0.1) is 36.0 Å². The predicted octanol–water partition coefficient (Wildman–Crippen LogP) is 4.84. The van der Waals surface area contributed by atoms with Gasteiger partial charge in [-0.05, 0) is 62.2 Å². The van der Waals surface area contributed by atoms with Gasteiger partial charge in [0.25, 0.3) is 5.91 Å². The number of hydrogen-bond donors (Lipinski definition) is 3. The Morgan fingerprint density at radius 1 is 1.22 bits per heavy atom. The molecule has 3 aromatic rings. The van der Waals surface area contributed by atoms with Crippen LogP contribution in [0.2, 0.25) is 5.02 Å². The van der Waals surface area contributed by atoms with Crippen molar-refractivity contribution in [1.82, 2.24) is 10.3 Å². The Morgan fingerprint density at radius 3 is 2.59 bits per heavy atom. The molecule has 5 rings (SSSR count). The number of halogens is 5. The summed E-state index contributed by atoms with van der Waals surface area (Å²) in [7, 11) is 1.37. The number of alkyl halides is 3. The number of carbonyl (C=O) groups is 1. The molecule has 0 saturated heterocycles. The molecule has 2 heterocycles. The molecule has 41 heavy (non-hydrogen) atoms. The number of fused-ring (bicyclic) bond motifs is 1. The molecule has 1 saturated carbocycles. The summed E-state index contributed by atoms with van der Waals surface area (Å²) >= 11 is 5.91. The van der Waals surface area contributed by atoms with Crippen LogP contribution in [0.25, 0.3) is 11.3 Å². The number of carbonyl (C=O) groups excluding carboxylic acids is 1. The van der Waals surface area contributed by atoms with Crippen LogP contribution in [0, 0.1) is 5.82 Å². The molecule has 2 unspecified atom stereocenters. The smallest absolute Gasteiger partial charge is 0.424 e. The largest absolute Gasteiger partial charge is 0.493 e. The maximum Gasteiger partial charge on any atom is 0.424 e. The van der Waals surface area contributed by atoms with Gasteiger partial charge < -0.3 is 30.4 Å². The molecule has 1 aliphatic carbocycles. The number of nitrogens with zero attached hydrogens (tertiary/aromatic N) is 1. The first-order valence-corrected chi connectivity index (χ1v) is 13.0. The van der Waals surface area contributed by atoms with Gasteiger partial charge in [-0.1, -0.05) is 11.6 Å². The van der Waals surface area contributed by atoms with E-state index < -0.39 is 41.3 Å². The minimum Gasteiger partial charge on any atom is -0.493 e. The van der Waals surface area contributed by atoms with Crippen LogP contribution < -0.4 is 25.3 Å². The summed E-state index contributed by atoms with van der Waals surface area (Å²) in [6.07, 6.45) is -3.45. The van der Waals surface area contributed by atoms with Crippen LogP contribution in [0.15, 0.2) is 42.5 Å². The van der Waals surface area contributed by atoms with Crippen molar-refractivity contribution < 1.29 is 41.7 Å². The summed E-state index contributed by atoms with van der Waals surface area (Å²) in [4.78, 5) is 17.0. The maximum atomic E-state index is 14.5. The fourth-order valence-corrected chi connectivity index (χ4v) is 4.55. The molecule has 1 aromatic heterocycles. The van der Waals surface area contributed by atoms with Crippen molar-refractivity contribution in [1.29, 1.82) is 0 Å². The number of amides is 1. The zero-order valence-electron chi connectivity index (χ0n) is 21.9. The molecule has 0 radical (unpaired) electrons. The standard InChI is InChI=1S/C28H26ClF4N3O5/c1-26(34)13-40-24-17(26)11-22(36-23(24)14-3-7-19(30)18(29)9-14)27(38,28(31,32)33)12-35-25(37)15-4-8-20(21(10-15)39-2)41-16-5-6-16/h3-4,7-11,16,38H,5-6,12-13,34H2,1-2H3,(H,35,37). The van der Waals surface area contributed by atoms with Crippen LogP contribution in [-0.4, -0.2) is 48.5 Å². The molecular weight excluding hydrogens is 570 g/mol. The van der Waals surface area contributed by atoms with Crippen molar-refractivity contribution >= 4 is 17.5 Å². The number of benzene rings is 2.